The third-order valence-electron chi connectivity index (χ3n) is 2.86. The van der Waals surface area contributed by atoms with Gasteiger partial charge in [-0.25, -0.2) is 15.7 Å². The number of rotatable bonds is 6. The molecule has 21 heavy (non-hydrogen) atoms. The fourth-order valence-electron chi connectivity index (χ4n) is 1.89. The van der Waals surface area contributed by atoms with Crippen molar-refractivity contribution >= 4 is 17.7 Å². The lowest BCUT2D eigenvalue weighted by atomic mass is 10.2. The Bertz CT molecular complexity index is 687. The van der Waals surface area contributed by atoms with E-state index in [2.05, 4.69) is 15.6 Å². The lowest BCUT2D eigenvalue weighted by Crippen LogP contribution is -2.30. The van der Waals surface area contributed by atoms with Crippen molar-refractivity contribution in [3.63, 3.8) is 0 Å². The summed E-state index contributed by atoms with van der Waals surface area (Å²) in [7, 11) is 0. The second-order valence-corrected chi connectivity index (χ2v) is 5.35. The van der Waals surface area contributed by atoms with Gasteiger partial charge in [-0.3, -0.25) is 14.8 Å². The van der Waals surface area contributed by atoms with E-state index in [1.165, 1.54) is 11.8 Å². The van der Waals surface area contributed by atoms with Gasteiger partial charge >= 0.3 is 5.69 Å². The Morgan fingerprint density at radius 1 is 1.62 bits per heavy atom. The van der Waals surface area contributed by atoms with Gasteiger partial charge in [-0.05, 0) is 19.4 Å². The number of hydrazine groups is 1. The second-order valence-electron chi connectivity index (χ2n) is 4.41. The molecule has 0 bridgehead atoms. The predicted molar refractivity (Wildman–Crippen MR) is 77.8 cm³/mol. The van der Waals surface area contributed by atoms with Crippen LogP contribution in [0, 0.1) is 6.92 Å². The predicted octanol–water partition coefficient (Wildman–Crippen LogP) is 0.779. The maximum atomic E-state index is 11.6. The summed E-state index contributed by atoms with van der Waals surface area (Å²) in [6.07, 6.45) is 0.841. The number of carbonyl (C=O) groups is 1. The van der Waals surface area contributed by atoms with Crippen LogP contribution in [0.1, 0.15) is 35.2 Å². The topological polar surface area (TPSA) is 119 Å². The molecule has 0 aliphatic heterocycles. The van der Waals surface area contributed by atoms with Crippen molar-refractivity contribution in [3.8, 4) is 0 Å². The molecule has 9 heteroatoms. The number of nitrogens with zero attached hydrogens (tertiary/aromatic N) is 2. The van der Waals surface area contributed by atoms with Crippen LogP contribution in [0.3, 0.4) is 0 Å². The molecular weight excluding hydrogens is 294 g/mol. The number of carbonyl (C=O) groups excluding carboxylic acids is 1. The second kappa shape index (κ2) is 6.64. The standard InChI is InChI=1S/C12H17N5O3S/c1-3-4-17-11(19)15-16-12(17)21-6-8-5-9(7(2)20-8)10(18)14-13/h5H,3-4,6,13H2,1-2H3,(H,14,18)(H,15,19). The molecule has 0 aliphatic rings. The van der Waals surface area contributed by atoms with Crippen LogP contribution < -0.4 is 17.0 Å². The molecule has 114 valence electrons. The van der Waals surface area contributed by atoms with Gasteiger partial charge in [0, 0.05) is 6.54 Å². The minimum absolute atomic E-state index is 0.224. The first-order valence-corrected chi connectivity index (χ1v) is 7.43. The number of nitrogens with one attached hydrogen (secondary N) is 2. The van der Waals surface area contributed by atoms with E-state index in [4.69, 9.17) is 10.3 Å². The van der Waals surface area contributed by atoms with E-state index in [-0.39, 0.29) is 5.69 Å². The van der Waals surface area contributed by atoms with Crippen molar-refractivity contribution in [3.05, 3.63) is 33.6 Å². The molecule has 0 atom stereocenters. The molecule has 0 radical (unpaired) electrons. The molecular formula is C12H17N5O3S. The number of thioether (sulfide) groups is 1. The summed E-state index contributed by atoms with van der Waals surface area (Å²) in [5.41, 5.74) is 2.25. The molecule has 4 N–H and O–H groups in total. The number of amides is 1. The zero-order valence-electron chi connectivity index (χ0n) is 11.8. The number of H-pyrrole nitrogens is 1. The van der Waals surface area contributed by atoms with Crippen molar-refractivity contribution in [2.45, 2.75) is 37.7 Å². The summed E-state index contributed by atoms with van der Waals surface area (Å²) < 4.78 is 7.08. The van der Waals surface area contributed by atoms with Gasteiger partial charge < -0.3 is 4.42 Å². The van der Waals surface area contributed by atoms with E-state index in [9.17, 15) is 9.59 Å². The van der Waals surface area contributed by atoms with Crippen LogP contribution in [-0.4, -0.2) is 20.7 Å². The lowest BCUT2D eigenvalue weighted by molar-refractivity contribution is 0.0952. The molecule has 2 aromatic heterocycles. The van der Waals surface area contributed by atoms with Crippen molar-refractivity contribution in [1.29, 1.82) is 0 Å². The highest BCUT2D eigenvalue weighted by atomic mass is 32.2. The highest BCUT2D eigenvalue weighted by Gasteiger charge is 2.15. The number of hydrogen-bond acceptors (Lipinski definition) is 6. The minimum atomic E-state index is -0.393. The highest BCUT2D eigenvalue weighted by molar-refractivity contribution is 7.98. The van der Waals surface area contributed by atoms with Crippen molar-refractivity contribution < 1.29 is 9.21 Å². The molecule has 2 heterocycles. The van der Waals surface area contributed by atoms with Crippen LogP contribution in [0.4, 0.5) is 0 Å². The van der Waals surface area contributed by atoms with Gasteiger partial charge in [-0.2, -0.15) is 0 Å². The lowest BCUT2D eigenvalue weighted by Gasteiger charge is -2.01. The molecule has 0 aliphatic carbocycles. The van der Waals surface area contributed by atoms with E-state index < -0.39 is 5.91 Å². The number of furan rings is 1. The van der Waals surface area contributed by atoms with Gasteiger partial charge in [-0.15, -0.1) is 5.10 Å². The minimum Gasteiger partial charge on any atom is -0.465 e. The Balaban J connectivity index is 2.10. The van der Waals surface area contributed by atoms with Crippen LogP contribution in [0.25, 0.3) is 0 Å². The largest absolute Gasteiger partial charge is 0.465 e. The van der Waals surface area contributed by atoms with Gasteiger partial charge in [0.2, 0.25) is 0 Å². The summed E-state index contributed by atoms with van der Waals surface area (Å²) >= 11 is 1.37. The van der Waals surface area contributed by atoms with E-state index in [0.29, 0.717) is 34.5 Å². The average molecular weight is 311 g/mol. The number of aryl methyl sites for hydroxylation is 1. The summed E-state index contributed by atoms with van der Waals surface area (Å²) in [5, 5.41) is 7.00. The smallest absolute Gasteiger partial charge is 0.343 e. The molecule has 2 aromatic rings. The quantitative estimate of drug-likeness (QED) is 0.314. The maximum absolute atomic E-state index is 11.6. The van der Waals surface area contributed by atoms with Gasteiger partial charge in [-0.1, -0.05) is 18.7 Å². The molecule has 2 rings (SSSR count). The van der Waals surface area contributed by atoms with E-state index in [0.717, 1.165) is 6.42 Å². The Morgan fingerprint density at radius 2 is 2.38 bits per heavy atom. The third kappa shape index (κ3) is 3.37. The van der Waals surface area contributed by atoms with Crippen LogP contribution in [0.2, 0.25) is 0 Å². The van der Waals surface area contributed by atoms with Crippen LogP contribution in [0.15, 0.2) is 20.4 Å². The molecule has 0 unspecified atom stereocenters. The molecule has 0 saturated heterocycles. The molecule has 0 saturated carbocycles. The summed E-state index contributed by atoms with van der Waals surface area (Å²) in [4.78, 5) is 23.1. The monoisotopic (exact) mass is 311 g/mol. The summed E-state index contributed by atoms with van der Waals surface area (Å²) in [6, 6.07) is 1.64. The number of hydrogen-bond donors (Lipinski definition) is 3. The van der Waals surface area contributed by atoms with Crippen molar-refractivity contribution in [2.24, 2.45) is 5.84 Å². The SMILES string of the molecule is CCCn1c(SCc2cc(C(=O)NN)c(C)o2)n[nH]c1=O. The normalized spacial score (nSPS) is 10.8. The summed E-state index contributed by atoms with van der Waals surface area (Å²) in [5.74, 6) is 6.30. The highest BCUT2D eigenvalue weighted by Crippen LogP contribution is 2.23. The van der Waals surface area contributed by atoms with Gasteiger partial charge in [0.15, 0.2) is 5.16 Å². The zero-order chi connectivity index (χ0) is 15.4. The van der Waals surface area contributed by atoms with Gasteiger partial charge in [0.1, 0.15) is 11.5 Å². The third-order valence-corrected chi connectivity index (χ3v) is 3.86. The van der Waals surface area contributed by atoms with E-state index in [1.807, 2.05) is 6.92 Å². The van der Waals surface area contributed by atoms with Gasteiger partial charge in [0.05, 0.1) is 11.3 Å². The molecule has 1 amide bonds. The van der Waals surface area contributed by atoms with E-state index >= 15 is 0 Å². The first-order valence-electron chi connectivity index (χ1n) is 6.45. The first kappa shape index (κ1) is 15.4. The molecule has 0 aromatic carbocycles. The fraction of sp³-hybridized carbons (Fsp3) is 0.417. The Morgan fingerprint density at radius 3 is 3.05 bits per heavy atom. The number of aromatic nitrogens is 3. The first-order chi connectivity index (χ1) is 10.1. The number of aromatic amines is 1. The Hall–Kier alpha value is -2.00. The Labute approximate surface area is 125 Å². The van der Waals surface area contributed by atoms with Crippen LogP contribution >= 0.6 is 11.8 Å². The molecule has 0 fully saturated rings. The number of nitrogens with two attached hydrogens (primary N) is 1. The average Bonchev–Trinajstić information content (AvgIpc) is 3.01. The van der Waals surface area contributed by atoms with Gasteiger partial charge in [0.25, 0.3) is 5.91 Å². The van der Waals surface area contributed by atoms with Crippen molar-refractivity contribution in [1.82, 2.24) is 20.2 Å². The van der Waals surface area contributed by atoms with Crippen molar-refractivity contribution in [2.75, 3.05) is 0 Å². The fourth-order valence-corrected chi connectivity index (χ4v) is 2.74. The zero-order valence-corrected chi connectivity index (χ0v) is 12.6. The maximum Gasteiger partial charge on any atom is 0.343 e. The molecule has 8 nitrogen and oxygen atoms in total. The molecule has 0 spiro atoms. The van der Waals surface area contributed by atoms with Crippen LogP contribution in [-0.2, 0) is 12.3 Å². The van der Waals surface area contributed by atoms with Crippen LogP contribution in [0.5, 0.6) is 0 Å². The summed E-state index contributed by atoms with van der Waals surface area (Å²) in [6.45, 7) is 4.29. The number of nitrogen functional groups attached to an aromatic ring is 1. The Kier molecular flexibility index (Phi) is 4.86. The van der Waals surface area contributed by atoms with E-state index in [1.54, 1.807) is 17.6 Å².